The lowest BCUT2D eigenvalue weighted by molar-refractivity contribution is -0.161. The van der Waals surface area contributed by atoms with Crippen molar-refractivity contribution in [2.75, 3.05) is 26.4 Å². The molecule has 0 radical (unpaired) electrons. The molecule has 0 spiro atoms. The first-order valence-corrected chi connectivity index (χ1v) is 34.3. The van der Waals surface area contributed by atoms with Gasteiger partial charge < -0.3 is 20.1 Å². The van der Waals surface area contributed by atoms with E-state index in [1.54, 1.807) is 0 Å². The number of phosphoric ester groups is 1. The normalized spacial score (nSPS) is 13.1. The molecule has 0 saturated carbocycles. The van der Waals surface area contributed by atoms with Gasteiger partial charge in [-0.3, -0.25) is 18.6 Å². The highest BCUT2D eigenvalue weighted by Crippen LogP contribution is 2.43. The van der Waals surface area contributed by atoms with Gasteiger partial charge >= 0.3 is 19.8 Å². The summed E-state index contributed by atoms with van der Waals surface area (Å²) in [5.41, 5.74) is 5.39. The number of ether oxygens (including phenoxy) is 2. The standard InChI is InChI=1S/C65H126NO8P/c1-3-5-7-9-11-13-15-17-19-21-22-23-24-25-26-27-28-29-30-31-32-33-34-35-36-37-38-39-40-42-44-46-48-50-52-54-56-58-65(68)74-63(62-73-75(69,70)72-60-59-66)61-71-64(67)57-55-53-51-49-47-45-43-41-20-18-16-14-12-10-8-6-4-2/h15,17,21-22,63H,3-14,16,18-20,23-62,66H2,1-2H3,(H,69,70)/b17-15-,22-21-. The Bertz CT molecular complexity index is 1280. The first-order chi connectivity index (χ1) is 36.8. The van der Waals surface area contributed by atoms with Gasteiger partial charge in [-0.15, -0.1) is 0 Å². The Kier molecular flexibility index (Phi) is 60.5. The lowest BCUT2D eigenvalue weighted by atomic mass is 10.0. The number of carbonyl (C=O) groups excluding carboxylic acids is 2. The van der Waals surface area contributed by atoms with E-state index in [9.17, 15) is 19.0 Å². The summed E-state index contributed by atoms with van der Waals surface area (Å²) in [5.74, 6) is -0.804. The van der Waals surface area contributed by atoms with Crippen molar-refractivity contribution >= 4 is 19.8 Å². The number of hydrogen-bond donors (Lipinski definition) is 2. The fraction of sp³-hybridized carbons (Fsp3) is 0.908. The number of hydrogen-bond acceptors (Lipinski definition) is 8. The van der Waals surface area contributed by atoms with Crippen molar-refractivity contribution in [3.8, 4) is 0 Å². The molecule has 0 aliphatic carbocycles. The molecule has 0 amide bonds. The van der Waals surface area contributed by atoms with E-state index >= 15 is 0 Å². The number of unbranched alkanes of at least 4 members (excludes halogenated alkanes) is 46. The smallest absolute Gasteiger partial charge is 0.462 e. The molecule has 0 heterocycles. The Balaban J connectivity index is 3.76. The summed E-state index contributed by atoms with van der Waals surface area (Å²) < 4.78 is 33.1. The van der Waals surface area contributed by atoms with E-state index in [2.05, 4.69) is 38.2 Å². The van der Waals surface area contributed by atoms with Crippen LogP contribution in [0.15, 0.2) is 24.3 Å². The van der Waals surface area contributed by atoms with Gasteiger partial charge in [-0.25, -0.2) is 4.57 Å². The predicted molar refractivity (Wildman–Crippen MR) is 321 cm³/mol. The van der Waals surface area contributed by atoms with Crippen LogP contribution in [0.25, 0.3) is 0 Å². The van der Waals surface area contributed by atoms with Gasteiger partial charge in [0.2, 0.25) is 0 Å². The summed E-state index contributed by atoms with van der Waals surface area (Å²) in [6.45, 7) is 3.80. The van der Waals surface area contributed by atoms with Gasteiger partial charge in [-0.2, -0.15) is 0 Å². The number of carbonyl (C=O) groups is 2. The largest absolute Gasteiger partial charge is 0.472 e. The Morgan fingerprint density at radius 3 is 1.01 bits per heavy atom. The zero-order valence-electron chi connectivity index (χ0n) is 49.8. The first kappa shape index (κ1) is 73.5. The Morgan fingerprint density at radius 1 is 0.400 bits per heavy atom. The van der Waals surface area contributed by atoms with E-state index < -0.39 is 26.5 Å². The number of nitrogens with two attached hydrogens (primary N) is 1. The second-order valence-corrected chi connectivity index (χ2v) is 23.8. The van der Waals surface area contributed by atoms with Gasteiger partial charge in [0.15, 0.2) is 6.10 Å². The van der Waals surface area contributed by atoms with Crippen LogP contribution in [0.5, 0.6) is 0 Å². The molecule has 0 aromatic rings. The zero-order valence-corrected chi connectivity index (χ0v) is 50.7. The van der Waals surface area contributed by atoms with Gasteiger partial charge in [0.25, 0.3) is 0 Å². The lowest BCUT2D eigenvalue weighted by Crippen LogP contribution is -2.29. The van der Waals surface area contributed by atoms with Crippen molar-refractivity contribution in [3.63, 3.8) is 0 Å². The molecule has 10 heteroatoms. The van der Waals surface area contributed by atoms with Gasteiger partial charge in [-0.05, 0) is 44.9 Å². The predicted octanol–water partition coefficient (Wildman–Crippen LogP) is 21.0. The van der Waals surface area contributed by atoms with Gasteiger partial charge in [0, 0.05) is 19.4 Å². The molecule has 3 N–H and O–H groups in total. The van der Waals surface area contributed by atoms with Crippen molar-refractivity contribution < 1.29 is 37.6 Å². The van der Waals surface area contributed by atoms with Crippen LogP contribution in [0, 0.1) is 0 Å². The van der Waals surface area contributed by atoms with E-state index in [0.717, 1.165) is 38.5 Å². The molecule has 444 valence electrons. The Hall–Kier alpha value is -1.51. The van der Waals surface area contributed by atoms with Crippen molar-refractivity contribution in [3.05, 3.63) is 24.3 Å². The zero-order chi connectivity index (χ0) is 54.5. The maximum absolute atomic E-state index is 12.7. The van der Waals surface area contributed by atoms with Crippen molar-refractivity contribution in [2.45, 2.75) is 354 Å². The molecule has 0 fully saturated rings. The third kappa shape index (κ3) is 61.6. The fourth-order valence-electron chi connectivity index (χ4n) is 9.97. The quantitative estimate of drug-likeness (QED) is 0.0264. The molecule has 2 unspecified atom stereocenters. The molecule has 0 aromatic carbocycles. The average Bonchev–Trinajstić information content (AvgIpc) is 3.40. The molecule has 0 saturated heterocycles. The minimum Gasteiger partial charge on any atom is -0.462 e. The van der Waals surface area contributed by atoms with Gasteiger partial charge in [0.05, 0.1) is 13.2 Å². The second-order valence-electron chi connectivity index (χ2n) is 22.3. The summed E-state index contributed by atoms with van der Waals surface area (Å²) in [5, 5.41) is 0. The second kappa shape index (κ2) is 61.7. The SMILES string of the molecule is CCCCCCC/C=C\C/C=C\CCCCCCCCCCCCCCCCCCCCCCCCCCCC(=O)OC(COC(=O)CCCCCCCCCCCCCCCCCCC)COP(=O)(O)OCCN. The number of rotatable bonds is 63. The van der Waals surface area contributed by atoms with Gasteiger partial charge in [0.1, 0.15) is 6.61 Å². The maximum Gasteiger partial charge on any atom is 0.472 e. The maximum atomic E-state index is 12.7. The molecule has 9 nitrogen and oxygen atoms in total. The molecule has 0 bridgehead atoms. The third-order valence-electron chi connectivity index (χ3n) is 14.8. The molecular weight excluding hydrogens is 954 g/mol. The van der Waals surface area contributed by atoms with Crippen molar-refractivity contribution in [1.82, 2.24) is 0 Å². The van der Waals surface area contributed by atoms with E-state index in [1.807, 2.05) is 0 Å². The monoisotopic (exact) mass is 1080 g/mol. The highest BCUT2D eigenvalue weighted by molar-refractivity contribution is 7.47. The highest BCUT2D eigenvalue weighted by atomic mass is 31.2. The molecule has 75 heavy (non-hydrogen) atoms. The van der Waals surface area contributed by atoms with Crippen LogP contribution < -0.4 is 5.73 Å². The van der Waals surface area contributed by atoms with Crippen LogP contribution in [0.2, 0.25) is 0 Å². The van der Waals surface area contributed by atoms with Crippen LogP contribution in [-0.2, 0) is 32.7 Å². The van der Waals surface area contributed by atoms with Crippen LogP contribution in [0.1, 0.15) is 348 Å². The van der Waals surface area contributed by atoms with E-state index in [4.69, 9.17) is 24.3 Å². The molecular formula is C65H126NO8P. The summed E-state index contributed by atoms with van der Waals surface area (Å²) in [6, 6.07) is 0. The van der Waals surface area contributed by atoms with Crippen LogP contribution in [0.4, 0.5) is 0 Å². The van der Waals surface area contributed by atoms with Gasteiger partial charge in [-0.1, -0.05) is 314 Å². The van der Waals surface area contributed by atoms with Crippen LogP contribution in [-0.4, -0.2) is 49.3 Å². The minimum atomic E-state index is -4.38. The summed E-state index contributed by atoms with van der Waals surface area (Å²) in [6.07, 6.45) is 74.2. The molecule has 0 aliphatic heterocycles. The summed E-state index contributed by atoms with van der Waals surface area (Å²) in [4.78, 5) is 35.2. The molecule has 2 atom stereocenters. The van der Waals surface area contributed by atoms with Crippen molar-refractivity contribution in [1.29, 1.82) is 0 Å². The fourth-order valence-corrected chi connectivity index (χ4v) is 10.7. The molecule has 0 rings (SSSR count). The number of esters is 2. The molecule has 0 aliphatic rings. The average molecular weight is 1080 g/mol. The van der Waals surface area contributed by atoms with Crippen LogP contribution in [0.3, 0.4) is 0 Å². The highest BCUT2D eigenvalue weighted by Gasteiger charge is 2.26. The van der Waals surface area contributed by atoms with Crippen molar-refractivity contribution in [2.24, 2.45) is 5.73 Å². The first-order valence-electron chi connectivity index (χ1n) is 32.8. The molecule has 0 aromatic heterocycles. The van der Waals surface area contributed by atoms with E-state index in [0.29, 0.717) is 6.42 Å². The topological polar surface area (TPSA) is 134 Å². The Morgan fingerprint density at radius 2 is 0.693 bits per heavy atom. The van der Waals surface area contributed by atoms with E-state index in [-0.39, 0.29) is 38.6 Å². The Labute approximate surface area is 465 Å². The number of phosphoric acid groups is 1. The third-order valence-corrected chi connectivity index (χ3v) is 15.8. The van der Waals surface area contributed by atoms with E-state index in [1.165, 1.54) is 276 Å². The minimum absolute atomic E-state index is 0.0573. The lowest BCUT2D eigenvalue weighted by Gasteiger charge is -2.19. The summed E-state index contributed by atoms with van der Waals surface area (Å²) in [7, 11) is -4.38. The summed E-state index contributed by atoms with van der Waals surface area (Å²) >= 11 is 0. The number of allylic oxidation sites excluding steroid dienone is 4. The van der Waals surface area contributed by atoms with Crippen LogP contribution >= 0.6 is 7.82 Å².